The Morgan fingerprint density at radius 3 is 2.28 bits per heavy atom. The third kappa shape index (κ3) is 2.92. The van der Waals surface area contributed by atoms with Gasteiger partial charge < -0.3 is 5.73 Å². The standard InChI is InChI=1S/C13H11F2NOS/c14-10-3-1-9(2-4-10)8-18(17)13-7-11(15)5-6-12(13)16/h1-7H,8,16H2. The summed E-state index contributed by atoms with van der Waals surface area (Å²) in [6, 6.07) is 9.44. The monoisotopic (exact) mass is 267 g/mol. The van der Waals surface area contributed by atoms with Crippen LogP contribution in [0.2, 0.25) is 0 Å². The number of nitrogen functional groups attached to an aromatic ring is 1. The minimum atomic E-state index is -1.45. The van der Waals surface area contributed by atoms with Gasteiger partial charge in [-0.05, 0) is 35.9 Å². The molecule has 2 aromatic rings. The van der Waals surface area contributed by atoms with Gasteiger partial charge in [-0.15, -0.1) is 0 Å². The van der Waals surface area contributed by atoms with Crippen molar-refractivity contribution >= 4 is 16.5 Å². The lowest BCUT2D eigenvalue weighted by Gasteiger charge is -2.06. The van der Waals surface area contributed by atoms with Gasteiger partial charge >= 0.3 is 0 Å². The summed E-state index contributed by atoms with van der Waals surface area (Å²) in [6.45, 7) is 0. The van der Waals surface area contributed by atoms with Gasteiger partial charge in [0.05, 0.1) is 21.4 Å². The molecule has 0 saturated heterocycles. The Morgan fingerprint density at radius 1 is 1.00 bits per heavy atom. The molecule has 2 aromatic carbocycles. The van der Waals surface area contributed by atoms with Crippen molar-refractivity contribution in [3.63, 3.8) is 0 Å². The average molecular weight is 267 g/mol. The largest absolute Gasteiger partial charge is 0.398 e. The van der Waals surface area contributed by atoms with E-state index in [2.05, 4.69) is 0 Å². The molecule has 0 aromatic heterocycles. The van der Waals surface area contributed by atoms with Gasteiger partial charge in [0.1, 0.15) is 11.6 Å². The zero-order chi connectivity index (χ0) is 13.1. The maximum Gasteiger partial charge on any atom is 0.124 e. The van der Waals surface area contributed by atoms with E-state index < -0.39 is 16.6 Å². The summed E-state index contributed by atoms with van der Waals surface area (Å²) in [5.41, 5.74) is 6.64. The Labute approximate surface area is 106 Å². The topological polar surface area (TPSA) is 43.1 Å². The number of hydrogen-bond acceptors (Lipinski definition) is 2. The van der Waals surface area contributed by atoms with Gasteiger partial charge in [-0.3, -0.25) is 4.21 Å². The fraction of sp³-hybridized carbons (Fsp3) is 0.0769. The highest BCUT2D eigenvalue weighted by Crippen LogP contribution is 2.20. The lowest BCUT2D eigenvalue weighted by molar-refractivity contribution is 0.623. The predicted octanol–water partition coefficient (Wildman–Crippen LogP) is 2.85. The number of hydrogen-bond donors (Lipinski definition) is 1. The van der Waals surface area contributed by atoms with Crippen molar-refractivity contribution in [2.24, 2.45) is 0 Å². The Kier molecular flexibility index (Phi) is 3.72. The van der Waals surface area contributed by atoms with Gasteiger partial charge in [0.25, 0.3) is 0 Å². The number of anilines is 1. The first-order valence-corrected chi connectivity index (χ1v) is 6.56. The predicted molar refractivity (Wildman–Crippen MR) is 67.3 cm³/mol. The first kappa shape index (κ1) is 12.7. The zero-order valence-corrected chi connectivity index (χ0v) is 10.2. The van der Waals surface area contributed by atoms with Crippen LogP contribution in [-0.2, 0) is 16.6 Å². The highest BCUT2D eigenvalue weighted by atomic mass is 32.2. The minimum Gasteiger partial charge on any atom is -0.398 e. The van der Waals surface area contributed by atoms with E-state index in [9.17, 15) is 13.0 Å². The van der Waals surface area contributed by atoms with Crippen LogP contribution >= 0.6 is 0 Å². The number of benzene rings is 2. The average Bonchev–Trinajstić information content (AvgIpc) is 2.35. The third-order valence-electron chi connectivity index (χ3n) is 2.43. The van der Waals surface area contributed by atoms with Crippen LogP contribution in [0.4, 0.5) is 14.5 Å². The van der Waals surface area contributed by atoms with E-state index in [-0.39, 0.29) is 22.2 Å². The van der Waals surface area contributed by atoms with Crippen LogP contribution in [0.15, 0.2) is 47.4 Å². The van der Waals surface area contributed by atoms with E-state index >= 15 is 0 Å². The van der Waals surface area contributed by atoms with Crippen molar-refractivity contribution in [3.05, 3.63) is 59.7 Å². The van der Waals surface area contributed by atoms with Crippen molar-refractivity contribution in [2.45, 2.75) is 10.6 Å². The number of rotatable bonds is 3. The smallest absolute Gasteiger partial charge is 0.124 e. The molecule has 0 aliphatic heterocycles. The Bertz CT molecular complexity index is 584. The summed E-state index contributed by atoms with van der Waals surface area (Å²) >= 11 is 0. The molecule has 94 valence electrons. The molecule has 1 unspecified atom stereocenters. The van der Waals surface area contributed by atoms with Crippen molar-refractivity contribution in [1.29, 1.82) is 0 Å². The summed E-state index contributed by atoms with van der Waals surface area (Å²) in [7, 11) is -1.45. The van der Waals surface area contributed by atoms with Crippen LogP contribution in [0.25, 0.3) is 0 Å². The molecule has 2 nitrogen and oxygen atoms in total. The lowest BCUT2D eigenvalue weighted by atomic mass is 10.2. The van der Waals surface area contributed by atoms with Crippen LogP contribution in [-0.4, -0.2) is 4.21 Å². The molecule has 0 aliphatic carbocycles. The number of halogens is 2. The maximum absolute atomic E-state index is 13.1. The first-order chi connectivity index (χ1) is 8.56. The second-order valence-corrected chi connectivity index (χ2v) is 5.22. The molecule has 0 heterocycles. The van der Waals surface area contributed by atoms with E-state index in [1.54, 1.807) is 12.1 Å². The molecule has 18 heavy (non-hydrogen) atoms. The van der Waals surface area contributed by atoms with Crippen LogP contribution in [0.3, 0.4) is 0 Å². The molecule has 0 amide bonds. The second-order valence-electron chi connectivity index (χ2n) is 3.80. The molecule has 2 N–H and O–H groups in total. The van der Waals surface area contributed by atoms with Crippen molar-refractivity contribution in [1.82, 2.24) is 0 Å². The normalized spacial score (nSPS) is 12.3. The van der Waals surface area contributed by atoms with Gasteiger partial charge in [-0.2, -0.15) is 0 Å². The van der Waals surface area contributed by atoms with E-state index in [1.807, 2.05) is 0 Å². The van der Waals surface area contributed by atoms with Crippen LogP contribution in [0, 0.1) is 11.6 Å². The molecule has 5 heteroatoms. The molecular weight excluding hydrogens is 256 g/mol. The SMILES string of the molecule is Nc1ccc(F)cc1S(=O)Cc1ccc(F)cc1. The van der Waals surface area contributed by atoms with Crippen molar-refractivity contribution < 1.29 is 13.0 Å². The molecule has 0 saturated carbocycles. The zero-order valence-electron chi connectivity index (χ0n) is 9.40. The first-order valence-electron chi connectivity index (χ1n) is 5.24. The van der Waals surface area contributed by atoms with E-state index in [1.165, 1.54) is 24.3 Å². The van der Waals surface area contributed by atoms with Crippen LogP contribution in [0.1, 0.15) is 5.56 Å². The quantitative estimate of drug-likeness (QED) is 0.869. The summed E-state index contributed by atoms with van der Waals surface area (Å²) < 4.78 is 37.8. The van der Waals surface area contributed by atoms with E-state index in [0.29, 0.717) is 5.56 Å². The van der Waals surface area contributed by atoms with Gasteiger partial charge in [-0.25, -0.2) is 8.78 Å². The summed E-state index contributed by atoms with van der Waals surface area (Å²) in [4.78, 5) is 0.263. The lowest BCUT2D eigenvalue weighted by Crippen LogP contribution is -2.01. The number of nitrogens with two attached hydrogens (primary N) is 1. The van der Waals surface area contributed by atoms with Crippen LogP contribution < -0.4 is 5.73 Å². The summed E-state index contributed by atoms with van der Waals surface area (Å²) in [6.07, 6.45) is 0. The Hall–Kier alpha value is -1.75. The highest BCUT2D eigenvalue weighted by Gasteiger charge is 2.10. The Balaban J connectivity index is 2.21. The highest BCUT2D eigenvalue weighted by molar-refractivity contribution is 7.84. The van der Waals surface area contributed by atoms with Crippen molar-refractivity contribution in [3.8, 4) is 0 Å². The molecule has 0 radical (unpaired) electrons. The third-order valence-corrected chi connectivity index (χ3v) is 3.87. The fourth-order valence-corrected chi connectivity index (χ4v) is 2.74. The molecular formula is C13H11F2NOS. The van der Waals surface area contributed by atoms with Gasteiger partial charge in [0, 0.05) is 5.69 Å². The second kappa shape index (κ2) is 5.27. The van der Waals surface area contributed by atoms with Gasteiger partial charge in [0.15, 0.2) is 0 Å². The molecule has 2 rings (SSSR count). The fourth-order valence-electron chi connectivity index (χ4n) is 1.52. The van der Waals surface area contributed by atoms with Gasteiger partial charge in [0.2, 0.25) is 0 Å². The summed E-state index contributed by atoms with van der Waals surface area (Å²) in [5, 5.41) is 0. The summed E-state index contributed by atoms with van der Waals surface area (Å²) in [5.74, 6) is -0.657. The molecule has 0 spiro atoms. The minimum absolute atomic E-state index is 0.175. The van der Waals surface area contributed by atoms with Crippen LogP contribution in [0.5, 0.6) is 0 Å². The molecule has 1 atom stereocenters. The molecule has 0 bridgehead atoms. The van der Waals surface area contributed by atoms with Crippen molar-refractivity contribution in [2.75, 3.05) is 5.73 Å². The maximum atomic E-state index is 13.1. The Morgan fingerprint density at radius 2 is 1.61 bits per heavy atom. The van der Waals surface area contributed by atoms with Gasteiger partial charge in [-0.1, -0.05) is 12.1 Å². The molecule has 0 fully saturated rings. The van der Waals surface area contributed by atoms with E-state index in [0.717, 1.165) is 6.07 Å². The van der Waals surface area contributed by atoms with E-state index in [4.69, 9.17) is 5.73 Å². The molecule has 0 aliphatic rings.